The minimum Gasteiger partial charge on any atom is -0.455 e. The molecule has 3 rings (SSSR count). The smallest absolute Gasteiger partial charge is 0.289 e. The molecule has 0 atom stereocenters. The number of hydrogen-bond acceptors (Lipinski definition) is 5. The second-order valence-electron chi connectivity index (χ2n) is 4.78. The lowest BCUT2D eigenvalue weighted by atomic mass is 10.3. The molecule has 7 heteroatoms. The minimum absolute atomic E-state index is 0.0634. The Morgan fingerprint density at radius 3 is 2.90 bits per heavy atom. The van der Waals surface area contributed by atoms with Crippen molar-refractivity contribution in [3.63, 3.8) is 0 Å². The quantitative estimate of drug-likeness (QED) is 0.806. The Kier molecular flexibility index (Phi) is 4.31. The first-order valence-electron chi connectivity index (χ1n) is 6.80. The molecule has 1 aliphatic heterocycles. The number of carbonyl (C=O) groups excluding carboxylic acids is 1. The Bertz CT molecular complexity index is 617. The van der Waals surface area contributed by atoms with Crippen molar-refractivity contribution in [1.82, 2.24) is 14.5 Å². The molecule has 0 spiro atoms. The Morgan fingerprint density at radius 1 is 1.38 bits per heavy atom. The zero-order valence-corrected chi connectivity index (χ0v) is 12.6. The molecule has 6 nitrogen and oxygen atoms in total. The summed E-state index contributed by atoms with van der Waals surface area (Å²) in [7, 11) is 1.95. The van der Waals surface area contributed by atoms with E-state index in [0.29, 0.717) is 37.8 Å². The number of imidazole rings is 1. The zero-order chi connectivity index (χ0) is 14.7. The molecule has 0 aromatic carbocycles. The number of rotatable bonds is 4. The molecule has 0 bridgehead atoms. The van der Waals surface area contributed by atoms with Gasteiger partial charge in [0.15, 0.2) is 10.9 Å². The van der Waals surface area contributed by atoms with Crippen molar-refractivity contribution < 1.29 is 13.9 Å². The summed E-state index contributed by atoms with van der Waals surface area (Å²) >= 11 is 1.58. The summed E-state index contributed by atoms with van der Waals surface area (Å²) in [6, 6.07) is 3.59. The lowest BCUT2D eigenvalue weighted by molar-refractivity contribution is 0.0282. The molecule has 3 heterocycles. The summed E-state index contributed by atoms with van der Waals surface area (Å²) in [5.74, 6) is 1.76. The number of nitrogens with zero attached hydrogens (tertiary/aromatic N) is 3. The summed E-state index contributed by atoms with van der Waals surface area (Å²) in [6.07, 6.45) is 3.66. The van der Waals surface area contributed by atoms with Crippen molar-refractivity contribution in [3.05, 3.63) is 36.0 Å². The fourth-order valence-electron chi connectivity index (χ4n) is 2.12. The summed E-state index contributed by atoms with van der Waals surface area (Å²) < 4.78 is 12.8. The summed E-state index contributed by atoms with van der Waals surface area (Å²) in [5.41, 5.74) is 0. The largest absolute Gasteiger partial charge is 0.455 e. The Balaban J connectivity index is 1.60. The van der Waals surface area contributed by atoms with Crippen LogP contribution in [-0.4, -0.2) is 46.7 Å². The van der Waals surface area contributed by atoms with Crippen molar-refractivity contribution in [2.45, 2.75) is 10.9 Å². The van der Waals surface area contributed by atoms with E-state index in [4.69, 9.17) is 9.15 Å². The van der Waals surface area contributed by atoms with E-state index in [-0.39, 0.29) is 5.91 Å². The number of furan rings is 1. The van der Waals surface area contributed by atoms with Gasteiger partial charge in [0, 0.05) is 32.5 Å². The Morgan fingerprint density at radius 2 is 2.19 bits per heavy atom. The van der Waals surface area contributed by atoms with Gasteiger partial charge in [0.2, 0.25) is 0 Å². The number of aryl methyl sites for hydroxylation is 1. The molecule has 0 unspecified atom stereocenters. The minimum atomic E-state index is -0.0634. The average Bonchev–Trinajstić information content (AvgIpc) is 3.14. The molecule has 21 heavy (non-hydrogen) atoms. The van der Waals surface area contributed by atoms with Crippen LogP contribution in [0.5, 0.6) is 0 Å². The van der Waals surface area contributed by atoms with Crippen molar-refractivity contribution in [3.8, 4) is 0 Å². The van der Waals surface area contributed by atoms with Gasteiger partial charge in [-0.15, -0.1) is 0 Å². The van der Waals surface area contributed by atoms with Crippen LogP contribution >= 0.6 is 11.8 Å². The van der Waals surface area contributed by atoms with Gasteiger partial charge in [-0.3, -0.25) is 4.79 Å². The van der Waals surface area contributed by atoms with Crippen LogP contribution in [0.2, 0.25) is 0 Å². The molecule has 2 aromatic rings. The zero-order valence-electron chi connectivity index (χ0n) is 11.8. The normalized spacial score (nSPS) is 15.4. The SMILES string of the molecule is Cn1ccnc1SCc1ccc(C(=O)N2CCOCC2)o1. The molecule has 1 saturated heterocycles. The van der Waals surface area contributed by atoms with Crippen LogP contribution in [0.1, 0.15) is 16.3 Å². The molecule has 1 amide bonds. The van der Waals surface area contributed by atoms with Gasteiger partial charge in [-0.1, -0.05) is 11.8 Å². The number of morpholine rings is 1. The van der Waals surface area contributed by atoms with Gasteiger partial charge in [-0.05, 0) is 12.1 Å². The van der Waals surface area contributed by atoms with Gasteiger partial charge in [-0.25, -0.2) is 4.98 Å². The third-order valence-corrected chi connectivity index (χ3v) is 4.37. The van der Waals surface area contributed by atoms with Crippen LogP contribution in [0.15, 0.2) is 34.1 Å². The van der Waals surface area contributed by atoms with Crippen LogP contribution in [0.3, 0.4) is 0 Å². The van der Waals surface area contributed by atoms with Gasteiger partial charge in [0.05, 0.1) is 19.0 Å². The van der Waals surface area contributed by atoms with Crippen LogP contribution < -0.4 is 0 Å². The van der Waals surface area contributed by atoms with Crippen molar-refractivity contribution in [2.24, 2.45) is 7.05 Å². The highest BCUT2D eigenvalue weighted by Gasteiger charge is 2.21. The van der Waals surface area contributed by atoms with Gasteiger partial charge in [-0.2, -0.15) is 0 Å². The van der Waals surface area contributed by atoms with E-state index in [2.05, 4.69) is 4.98 Å². The first-order chi connectivity index (χ1) is 10.2. The number of ether oxygens (including phenoxy) is 1. The summed E-state index contributed by atoms with van der Waals surface area (Å²) in [5, 5.41) is 0.924. The highest BCUT2D eigenvalue weighted by atomic mass is 32.2. The maximum atomic E-state index is 12.3. The van der Waals surface area contributed by atoms with Crippen molar-refractivity contribution in [1.29, 1.82) is 0 Å². The topological polar surface area (TPSA) is 60.5 Å². The first-order valence-corrected chi connectivity index (χ1v) is 7.78. The highest BCUT2D eigenvalue weighted by molar-refractivity contribution is 7.98. The van der Waals surface area contributed by atoms with Crippen LogP contribution in [0.25, 0.3) is 0 Å². The van der Waals surface area contributed by atoms with Crippen molar-refractivity contribution in [2.75, 3.05) is 26.3 Å². The highest BCUT2D eigenvalue weighted by Crippen LogP contribution is 2.22. The van der Waals surface area contributed by atoms with Gasteiger partial charge in [0.25, 0.3) is 5.91 Å². The lowest BCUT2D eigenvalue weighted by Gasteiger charge is -2.25. The summed E-state index contributed by atoms with van der Waals surface area (Å²) in [6.45, 7) is 2.43. The standard InChI is InChI=1S/C14H17N3O3S/c1-16-5-4-15-14(16)21-10-11-2-3-12(20-11)13(18)17-6-8-19-9-7-17/h2-5H,6-10H2,1H3. The maximum Gasteiger partial charge on any atom is 0.289 e. The summed E-state index contributed by atoms with van der Waals surface area (Å²) in [4.78, 5) is 18.3. The van der Waals surface area contributed by atoms with E-state index >= 15 is 0 Å². The molecule has 0 aliphatic carbocycles. The van der Waals surface area contributed by atoms with Crippen LogP contribution in [-0.2, 0) is 17.5 Å². The predicted molar refractivity (Wildman–Crippen MR) is 78.2 cm³/mol. The van der Waals surface area contributed by atoms with Gasteiger partial charge < -0.3 is 18.6 Å². The van der Waals surface area contributed by atoms with E-state index < -0.39 is 0 Å². The molecular weight excluding hydrogens is 290 g/mol. The van der Waals surface area contributed by atoms with Gasteiger partial charge >= 0.3 is 0 Å². The first kappa shape index (κ1) is 14.2. The van der Waals surface area contributed by atoms with E-state index in [9.17, 15) is 4.79 Å². The van der Waals surface area contributed by atoms with E-state index in [0.717, 1.165) is 10.9 Å². The molecule has 0 N–H and O–H groups in total. The molecule has 1 fully saturated rings. The average molecular weight is 307 g/mol. The number of hydrogen-bond donors (Lipinski definition) is 0. The van der Waals surface area contributed by atoms with Gasteiger partial charge in [0.1, 0.15) is 5.76 Å². The third kappa shape index (κ3) is 3.30. The van der Waals surface area contributed by atoms with E-state index in [1.165, 1.54) is 0 Å². The molecule has 2 aromatic heterocycles. The second-order valence-corrected chi connectivity index (χ2v) is 5.72. The third-order valence-electron chi connectivity index (χ3n) is 3.29. The number of thioether (sulfide) groups is 1. The Labute approximate surface area is 127 Å². The maximum absolute atomic E-state index is 12.3. The Hall–Kier alpha value is -1.73. The number of carbonyl (C=O) groups is 1. The van der Waals surface area contributed by atoms with E-state index in [1.807, 2.05) is 23.9 Å². The number of aromatic nitrogens is 2. The van der Waals surface area contributed by atoms with Crippen LogP contribution in [0.4, 0.5) is 0 Å². The molecular formula is C14H17N3O3S. The number of amides is 1. The second kappa shape index (κ2) is 6.36. The predicted octanol–water partition coefficient (Wildman–Crippen LogP) is 1.78. The fourth-order valence-corrected chi connectivity index (χ4v) is 2.95. The molecule has 112 valence electrons. The monoisotopic (exact) mass is 307 g/mol. The molecule has 0 saturated carbocycles. The molecule has 1 aliphatic rings. The molecule has 0 radical (unpaired) electrons. The van der Waals surface area contributed by atoms with E-state index in [1.54, 1.807) is 28.9 Å². The van der Waals surface area contributed by atoms with Crippen LogP contribution in [0, 0.1) is 0 Å². The lowest BCUT2D eigenvalue weighted by Crippen LogP contribution is -2.40. The fraction of sp³-hybridized carbons (Fsp3) is 0.429. The van der Waals surface area contributed by atoms with Crippen molar-refractivity contribution >= 4 is 17.7 Å².